The van der Waals surface area contributed by atoms with Crippen LogP contribution in [0, 0.1) is 40.4 Å². The van der Waals surface area contributed by atoms with E-state index in [1.54, 1.807) is 0 Å². The third-order valence-corrected chi connectivity index (χ3v) is 10.1. The van der Waals surface area contributed by atoms with Gasteiger partial charge in [-0.15, -0.1) is 11.6 Å². The number of hydrogen-bond acceptors (Lipinski definition) is 1. The van der Waals surface area contributed by atoms with Crippen molar-refractivity contribution in [1.29, 1.82) is 0 Å². The Bertz CT molecular complexity index is 465. The summed E-state index contributed by atoms with van der Waals surface area (Å²) >= 11 is 6.97. The minimum atomic E-state index is -0.0266. The summed E-state index contributed by atoms with van der Waals surface area (Å²) in [6, 6.07) is 0. The van der Waals surface area contributed by atoms with Crippen molar-refractivity contribution >= 4 is 11.6 Å². The van der Waals surface area contributed by atoms with Gasteiger partial charge in [-0.05, 0) is 98.2 Å². The van der Waals surface area contributed by atoms with Crippen LogP contribution in [0.1, 0.15) is 78.6 Å². The average Bonchev–Trinajstić information content (AvgIpc) is 2.52. The zero-order valence-corrected chi connectivity index (χ0v) is 16.0. The molecular weight excluding hydrogens is 304 g/mol. The highest BCUT2D eigenvalue weighted by Gasteiger charge is 2.59. The number of rotatable bonds is 0. The van der Waals surface area contributed by atoms with Gasteiger partial charge in [0.15, 0.2) is 0 Å². The third kappa shape index (κ3) is 2.35. The maximum Gasteiger partial charge on any atom is 0.0543 e. The molecule has 1 nitrogen and oxygen atoms in total. The maximum absolute atomic E-state index is 10.1. The predicted molar refractivity (Wildman–Crippen MR) is 96.5 cm³/mol. The summed E-state index contributed by atoms with van der Waals surface area (Å²) in [5.41, 5.74) is 0.867. The van der Waals surface area contributed by atoms with Gasteiger partial charge < -0.3 is 5.11 Å². The zero-order chi connectivity index (χ0) is 16.4. The SMILES string of the molecule is C[C@@H]1CC[C@H]2[C@@H]3CC[C@@H]4C[C@H](O)CC[C@]4(C)[C@@H]3CC[C@]2(C)[C@@H]1Cl. The number of halogens is 1. The van der Waals surface area contributed by atoms with Crippen molar-refractivity contribution in [1.82, 2.24) is 0 Å². The molecule has 0 aromatic heterocycles. The van der Waals surface area contributed by atoms with Crippen LogP contribution < -0.4 is 0 Å². The molecule has 0 unspecified atom stereocenters. The predicted octanol–water partition coefficient (Wildman–Crippen LogP) is 5.63. The Labute approximate surface area is 147 Å². The molecule has 0 aromatic carbocycles. The molecular formula is C21H35ClO. The van der Waals surface area contributed by atoms with Gasteiger partial charge >= 0.3 is 0 Å². The fraction of sp³-hybridized carbons (Fsp3) is 1.00. The first-order valence-electron chi connectivity index (χ1n) is 10.2. The quantitative estimate of drug-likeness (QED) is 0.567. The second-order valence-corrected chi connectivity index (χ2v) is 10.6. The van der Waals surface area contributed by atoms with E-state index in [1.165, 1.54) is 44.9 Å². The second kappa shape index (κ2) is 5.63. The number of alkyl halides is 1. The topological polar surface area (TPSA) is 20.2 Å². The van der Waals surface area contributed by atoms with Gasteiger partial charge in [-0.1, -0.05) is 20.8 Å². The lowest BCUT2D eigenvalue weighted by Gasteiger charge is -2.63. The minimum Gasteiger partial charge on any atom is -0.393 e. The molecule has 4 rings (SSSR count). The average molecular weight is 339 g/mol. The first kappa shape index (κ1) is 16.7. The van der Waals surface area contributed by atoms with Crippen LogP contribution in [-0.2, 0) is 0 Å². The van der Waals surface area contributed by atoms with E-state index in [2.05, 4.69) is 20.8 Å². The van der Waals surface area contributed by atoms with Crippen LogP contribution in [0.2, 0.25) is 0 Å². The fourth-order valence-electron chi connectivity index (χ4n) is 7.71. The van der Waals surface area contributed by atoms with Crippen LogP contribution in [0.3, 0.4) is 0 Å². The molecule has 4 saturated carbocycles. The lowest BCUT2D eigenvalue weighted by molar-refractivity contribution is -0.139. The summed E-state index contributed by atoms with van der Waals surface area (Å²) < 4.78 is 0. The van der Waals surface area contributed by atoms with E-state index in [1.807, 2.05) is 0 Å². The fourth-order valence-corrected chi connectivity index (χ4v) is 8.11. The molecule has 23 heavy (non-hydrogen) atoms. The Balaban J connectivity index is 1.62. The molecule has 1 N–H and O–H groups in total. The third-order valence-electron chi connectivity index (χ3n) is 9.14. The Hall–Kier alpha value is 0.250. The van der Waals surface area contributed by atoms with Gasteiger partial charge in [0, 0.05) is 5.38 Å². The standard InChI is InChI=1S/C21H35ClO/c1-13-4-7-17-16-6-5-14-12-15(23)8-10-20(14,2)18(16)9-11-21(17,3)19(13)22/h13-19,23H,4-12H2,1-3H3/t13-,14-,15-,16+,17+,18-,19-,20+,21+/m1/s1. The van der Waals surface area contributed by atoms with E-state index >= 15 is 0 Å². The Kier molecular flexibility index (Phi) is 4.09. The highest BCUT2D eigenvalue weighted by Crippen LogP contribution is 2.66. The van der Waals surface area contributed by atoms with Crippen LogP contribution in [-0.4, -0.2) is 16.6 Å². The number of aliphatic hydroxyl groups excluding tert-OH is 1. The van der Waals surface area contributed by atoms with Gasteiger partial charge in [0.25, 0.3) is 0 Å². The van der Waals surface area contributed by atoms with E-state index in [0.29, 0.717) is 22.1 Å². The van der Waals surface area contributed by atoms with Crippen molar-refractivity contribution in [2.75, 3.05) is 0 Å². The van der Waals surface area contributed by atoms with Crippen molar-refractivity contribution in [2.45, 2.75) is 90.0 Å². The van der Waals surface area contributed by atoms with Gasteiger partial charge in [0.2, 0.25) is 0 Å². The molecule has 0 amide bonds. The smallest absolute Gasteiger partial charge is 0.0543 e. The Morgan fingerprint density at radius 3 is 2.35 bits per heavy atom. The van der Waals surface area contributed by atoms with E-state index in [4.69, 9.17) is 11.6 Å². The Morgan fingerprint density at radius 2 is 1.57 bits per heavy atom. The van der Waals surface area contributed by atoms with Crippen LogP contribution in [0.15, 0.2) is 0 Å². The molecule has 2 heteroatoms. The lowest BCUT2D eigenvalue weighted by Crippen LogP contribution is -2.57. The summed E-state index contributed by atoms with van der Waals surface area (Å²) in [6.45, 7) is 7.46. The summed E-state index contributed by atoms with van der Waals surface area (Å²) in [4.78, 5) is 0. The second-order valence-electron chi connectivity index (χ2n) is 10.1. The lowest BCUT2D eigenvalue weighted by atomic mass is 9.42. The summed E-state index contributed by atoms with van der Waals surface area (Å²) in [5, 5.41) is 10.5. The molecule has 0 heterocycles. The largest absolute Gasteiger partial charge is 0.393 e. The first-order valence-corrected chi connectivity index (χ1v) is 10.6. The van der Waals surface area contributed by atoms with E-state index < -0.39 is 0 Å². The zero-order valence-electron chi connectivity index (χ0n) is 15.2. The summed E-state index contributed by atoms with van der Waals surface area (Å²) in [6.07, 6.45) is 11.5. The van der Waals surface area contributed by atoms with Gasteiger partial charge in [0.05, 0.1) is 6.10 Å². The van der Waals surface area contributed by atoms with Crippen LogP contribution in [0.4, 0.5) is 0 Å². The van der Waals surface area contributed by atoms with E-state index in [0.717, 1.165) is 36.5 Å². The van der Waals surface area contributed by atoms with Gasteiger partial charge in [-0.25, -0.2) is 0 Å². The van der Waals surface area contributed by atoms with Gasteiger partial charge in [-0.2, -0.15) is 0 Å². The Morgan fingerprint density at radius 1 is 0.870 bits per heavy atom. The van der Waals surface area contributed by atoms with Gasteiger partial charge in [-0.3, -0.25) is 0 Å². The van der Waals surface area contributed by atoms with Crippen molar-refractivity contribution in [2.24, 2.45) is 40.4 Å². The molecule has 0 saturated heterocycles. The highest BCUT2D eigenvalue weighted by atomic mass is 35.5. The molecule has 4 aliphatic carbocycles. The molecule has 0 radical (unpaired) electrons. The van der Waals surface area contributed by atoms with Crippen molar-refractivity contribution < 1.29 is 5.11 Å². The maximum atomic E-state index is 10.1. The van der Waals surface area contributed by atoms with Crippen LogP contribution in [0.25, 0.3) is 0 Å². The molecule has 0 aromatic rings. The van der Waals surface area contributed by atoms with Crippen molar-refractivity contribution in [3.05, 3.63) is 0 Å². The molecule has 4 aliphatic rings. The molecule has 0 spiro atoms. The van der Waals surface area contributed by atoms with E-state index in [9.17, 15) is 5.11 Å². The minimum absolute atomic E-state index is 0.0266. The van der Waals surface area contributed by atoms with Crippen molar-refractivity contribution in [3.63, 3.8) is 0 Å². The van der Waals surface area contributed by atoms with Crippen LogP contribution >= 0.6 is 11.6 Å². The summed E-state index contributed by atoms with van der Waals surface area (Å²) in [7, 11) is 0. The monoisotopic (exact) mass is 338 g/mol. The first-order chi connectivity index (χ1) is 10.9. The molecule has 4 fully saturated rings. The number of fused-ring (bicyclic) bond motifs is 5. The van der Waals surface area contributed by atoms with Gasteiger partial charge in [0.1, 0.15) is 0 Å². The molecule has 0 bridgehead atoms. The van der Waals surface area contributed by atoms with Crippen LogP contribution in [0.5, 0.6) is 0 Å². The normalized spacial score (nSPS) is 59.6. The van der Waals surface area contributed by atoms with E-state index in [-0.39, 0.29) is 6.10 Å². The molecule has 0 aliphatic heterocycles. The van der Waals surface area contributed by atoms with Crippen molar-refractivity contribution in [3.8, 4) is 0 Å². The summed E-state index contributed by atoms with van der Waals surface area (Å²) in [5.74, 6) is 4.10. The molecule has 132 valence electrons. The number of aliphatic hydroxyl groups is 1. The molecule has 9 atom stereocenters. The highest BCUT2D eigenvalue weighted by molar-refractivity contribution is 6.21. The number of hydrogen-bond donors (Lipinski definition) is 1.